The highest BCUT2D eigenvalue weighted by Crippen LogP contribution is 2.02. The first-order valence-corrected chi connectivity index (χ1v) is 4.97. The lowest BCUT2D eigenvalue weighted by Crippen LogP contribution is -2.50. The van der Waals surface area contributed by atoms with E-state index in [0.29, 0.717) is 6.54 Å². The van der Waals surface area contributed by atoms with E-state index in [0.717, 1.165) is 0 Å². The third kappa shape index (κ3) is 6.86. The Labute approximate surface area is 86.2 Å². The fourth-order valence-electron chi connectivity index (χ4n) is 0.848. The SMILES string of the molecule is CC(C)OC(=O)C(C)CNC(C)(C)N. The van der Waals surface area contributed by atoms with E-state index in [2.05, 4.69) is 5.32 Å². The number of hydrogen-bond donors (Lipinski definition) is 2. The Hall–Kier alpha value is -0.610. The molecule has 0 aliphatic carbocycles. The first kappa shape index (κ1) is 13.4. The van der Waals surface area contributed by atoms with Crippen molar-refractivity contribution in [3.05, 3.63) is 0 Å². The molecule has 14 heavy (non-hydrogen) atoms. The number of nitrogens with two attached hydrogens (primary N) is 1. The second kappa shape index (κ2) is 5.32. The van der Waals surface area contributed by atoms with Crippen LogP contribution in [0, 0.1) is 5.92 Å². The van der Waals surface area contributed by atoms with Crippen molar-refractivity contribution in [3.63, 3.8) is 0 Å². The number of carbonyl (C=O) groups excluding carboxylic acids is 1. The molecule has 0 spiro atoms. The fourth-order valence-corrected chi connectivity index (χ4v) is 0.848. The standard InChI is InChI=1S/C10H22N2O2/c1-7(2)14-9(13)8(3)6-12-10(4,5)11/h7-8,12H,6,11H2,1-5H3. The second-order valence-electron chi connectivity index (χ2n) is 4.49. The molecule has 0 amide bonds. The van der Waals surface area contributed by atoms with Crippen LogP contribution in [-0.2, 0) is 9.53 Å². The molecule has 3 N–H and O–H groups in total. The third-order valence-corrected chi connectivity index (χ3v) is 1.62. The fraction of sp³-hybridized carbons (Fsp3) is 0.900. The summed E-state index contributed by atoms with van der Waals surface area (Å²) in [6.07, 6.45) is -0.0594. The molecule has 0 radical (unpaired) electrons. The summed E-state index contributed by atoms with van der Waals surface area (Å²) in [6.45, 7) is 9.75. The molecule has 1 unspecified atom stereocenters. The monoisotopic (exact) mass is 202 g/mol. The van der Waals surface area contributed by atoms with Crippen molar-refractivity contribution in [2.75, 3.05) is 6.54 Å². The van der Waals surface area contributed by atoms with E-state index < -0.39 is 5.66 Å². The molecule has 0 aromatic carbocycles. The molecule has 0 aliphatic heterocycles. The van der Waals surface area contributed by atoms with Crippen LogP contribution in [0.5, 0.6) is 0 Å². The summed E-state index contributed by atoms with van der Waals surface area (Å²) in [7, 11) is 0. The molecule has 0 bridgehead atoms. The van der Waals surface area contributed by atoms with E-state index in [-0.39, 0.29) is 18.0 Å². The van der Waals surface area contributed by atoms with Crippen LogP contribution in [0.2, 0.25) is 0 Å². The van der Waals surface area contributed by atoms with Crippen LogP contribution in [0.15, 0.2) is 0 Å². The molecule has 0 rings (SSSR count). The molecule has 0 aromatic heterocycles. The van der Waals surface area contributed by atoms with Gasteiger partial charge in [-0.2, -0.15) is 0 Å². The van der Waals surface area contributed by atoms with Gasteiger partial charge >= 0.3 is 5.97 Å². The Balaban J connectivity index is 3.85. The van der Waals surface area contributed by atoms with Gasteiger partial charge in [0.05, 0.1) is 17.7 Å². The van der Waals surface area contributed by atoms with E-state index in [1.165, 1.54) is 0 Å². The van der Waals surface area contributed by atoms with Crippen molar-refractivity contribution in [2.24, 2.45) is 11.7 Å². The van der Waals surface area contributed by atoms with Gasteiger partial charge in [0.15, 0.2) is 0 Å². The van der Waals surface area contributed by atoms with E-state index >= 15 is 0 Å². The van der Waals surface area contributed by atoms with E-state index in [1.807, 2.05) is 34.6 Å². The Morgan fingerprint density at radius 1 is 1.43 bits per heavy atom. The lowest BCUT2D eigenvalue weighted by Gasteiger charge is -2.23. The largest absolute Gasteiger partial charge is 0.463 e. The lowest BCUT2D eigenvalue weighted by atomic mass is 10.1. The molecular weight excluding hydrogens is 180 g/mol. The topological polar surface area (TPSA) is 64.3 Å². The van der Waals surface area contributed by atoms with Crippen LogP contribution >= 0.6 is 0 Å². The molecule has 0 saturated heterocycles. The minimum absolute atomic E-state index is 0.0594. The molecular formula is C10H22N2O2. The van der Waals surface area contributed by atoms with Gasteiger partial charge in [0.25, 0.3) is 0 Å². The van der Waals surface area contributed by atoms with Crippen molar-refractivity contribution < 1.29 is 9.53 Å². The summed E-state index contributed by atoms with van der Waals surface area (Å²) in [4.78, 5) is 11.4. The maximum absolute atomic E-state index is 11.4. The maximum Gasteiger partial charge on any atom is 0.310 e. The summed E-state index contributed by atoms with van der Waals surface area (Å²) in [6, 6.07) is 0. The van der Waals surface area contributed by atoms with Crippen LogP contribution in [0.4, 0.5) is 0 Å². The van der Waals surface area contributed by atoms with Crippen LogP contribution in [0.25, 0.3) is 0 Å². The molecule has 4 heteroatoms. The number of ether oxygens (including phenoxy) is 1. The zero-order valence-corrected chi connectivity index (χ0v) is 9.76. The molecule has 0 aromatic rings. The molecule has 0 heterocycles. The summed E-state index contributed by atoms with van der Waals surface area (Å²) in [5.74, 6) is -0.350. The molecule has 0 aliphatic rings. The maximum atomic E-state index is 11.4. The zero-order valence-electron chi connectivity index (χ0n) is 9.76. The van der Waals surface area contributed by atoms with Crippen molar-refractivity contribution in [3.8, 4) is 0 Å². The van der Waals surface area contributed by atoms with E-state index in [1.54, 1.807) is 0 Å². The minimum Gasteiger partial charge on any atom is -0.463 e. The number of rotatable bonds is 5. The van der Waals surface area contributed by atoms with Gasteiger partial charge in [-0.1, -0.05) is 6.92 Å². The molecule has 0 saturated carbocycles. The summed E-state index contributed by atoms with van der Waals surface area (Å²) >= 11 is 0. The Bertz CT molecular complexity index is 185. The van der Waals surface area contributed by atoms with E-state index in [4.69, 9.17) is 10.5 Å². The van der Waals surface area contributed by atoms with Crippen molar-refractivity contribution in [2.45, 2.75) is 46.4 Å². The highest BCUT2D eigenvalue weighted by molar-refractivity contribution is 5.72. The van der Waals surface area contributed by atoms with Gasteiger partial charge in [-0.05, 0) is 27.7 Å². The van der Waals surface area contributed by atoms with Crippen LogP contribution in [-0.4, -0.2) is 24.3 Å². The van der Waals surface area contributed by atoms with Gasteiger partial charge in [0.1, 0.15) is 0 Å². The summed E-state index contributed by atoms with van der Waals surface area (Å²) < 4.78 is 5.06. The Morgan fingerprint density at radius 2 is 1.93 bits per heavy atom. The van der Waals surface area contributed by atoms with Crippen molar-refractivity contribution in [1.82, 2.24) is 5.32 Å². The third-order valence-electron chi connectivity index (χ3n) is 1.62. The van der Waals surface area contributed by atoms with Crippen molar-refractivity contribution >= 4 is 5.97 Å². The molecule has 84 valence electrons. The summed E-state index contributed by atoms with van der Waals surface area (Å²) in [5, 5.41) is 3.05. The van der Waals surface area contributed by atoms with Crippen LogP contribution in [0.3, 0.4) is 0 Å². The van der Waals surface area contributed by atoms with Crippen molar-refractivity contribution in [1.29, 1.82) is 0 Å². The normalized spacial score (nSPS) is 14.2. The first-order chi connectivity index (χ1) is 6.22. The lowest BCUT2D eigenvalue weighted by molar-refractivity contribution is -0.151. The van der Waals surface area contributed by atoms with E-state index in [9.17, 15) is 4.79 Å². The average Bonchev–Trinajstić information content (AvgIpc) is 1.97. The number of nitrogens with one attached hydrogen (secondary N) is 1. The number of carbonyl (C=O) groups is 1. The van der Waals surface area contributed by atoms with Gasteiger partial charge in [0.2, 0.25) is 0 Å². The smallest absolute Gasteiger partial charge is 0.310 e. The average molecular weight is 202 g/mol. The van der Waals surface area contributed by atoms with Gasteiger partial charge in [0, 0.05) is 6.54 Å². The van der Waals surface area contributed by atoms with Crippen LogP contribution < -0.4 is 11.1 Å². The first-order valence-electron chi connectivity index (χ1n) is 4.97. The molecule has 4 nitrogen and oxygen atoms in total. The molecule has 0 fully saturated rings. The van der Waals surface area contributed by atoms with Crippen LogP contribution in [0.1, 0.15) is 34.6 Å². The van der Waals surface area contributed by atoms with Gasteiger partial charge in [-0.15, -0.1) is 0 Å². The van der Waals surface area contributed by atoms with Gasteiger partial charge in [-0.25, -0.2) is 0 Å². The highest BCUT2D eigenvalue weighted by atomic mass is 16.5. The number of hydrogen-bond acceptors (Lipinski definition) is 4. The minimum atomic E-state index is -0.452. The Kier molecular flexibility index (Phi) is 5.08. The predicted octanol–water partition coefficient (Wildman–Crippen LogP) is 0.858. The zero-order chi connectivity index (χ0) is 11.4. The number of esters is 1. The Morgan fingerprint density at radius 3 is 2.29 bits per heavy atom. The quantitative estimate of drug-likeness (QED) is 0.512. The molecule has 1 atom stereocenters. The predicted molar refractivity (Wildman–Crippen MR) is 56.7 cm³/mol. The summed E-state index contributed by atoms with van der Waals surface area (Å²) in [5.41, 5.74) is 5.27. The second-order valence-corrected chi connectivity index (χ2v) is 4.49. The van der Waals surface area contributed by atoms with Gasteiger partial charge < -0.3 is 10.5 Å². The van der Waals surface area contributed by atoms with Gasteiger partial charge in [-0.3, -0.25) is 10.1 Å². The highest BCUT2D eigenvalue weighted by Gasteiger charge is 2.18.